The number of ketones is 1. The van der Waals surface area contributed by atoms with Crippen molar-refractivity contribution in [2.24, 2.45) is 0 Å². The van der Waals surface area contributed by atoms with E-state index in [0.29, 0.717) is 43.2 Å². The minimum atomic E-state index is -3.68. The summed E-state index contributed by atoms with van der Waals surface area (Å²) >= 11 is 0. The first kappa shape index (κ1) is 26.3. The van der Waals surface area contributed by atoms with Gasteiger partial charge < -0.3 is 15.0 Å². The maximum absolute atomic E-state index is 13.0. The van der Waals surface area contributed by atoms with Crippen molar-refractivity contribution in [3.05, 3.63) is 48.0 Å². The van der Waals surface area contributed by atoms with Gasteiger partial charge in [0.25, 0.3) is 5.91 Å². The number of rotatable bonds is 12. The summed E-state index contributed by atoms with van der Waals surface area (Å²) in [5.41, 5.74) is 1.62. The highest BCUT2D eigenvalue weighted by atomic mass is 32.2. The van der Waals surface area contributed by atoms with Gasteiger partial charge in [-0.25, -0.2) is 8.42 Å². The number of carbonyl (C=O) groups is 2. The van der Waals surface area contributed by atoms with Crippen molar-refractivity contribution < 1.29 is 22.7 Å². The molecule has 9 heteroatoms. The standard InChI is InChI=1S/C24H33N3O5S/c1-6-26(7-2)23-14-13-21(33(30,31)27(8-3)9-4)16-22(23)25-24(29)17-32-20-12-10-11-19(15-20)18(5)28/h10-16H,6-9,17H2,1-5H3,(H,25,29). The molecule has 8 nitrogen and oxygen atoms in total. The fourth-order valence-corrected chi connectivity index (χ4v) is 4.95. The third kappa shape index (κ3) is 6.55. The number of Topliss-reactive ketones (excluding diaryl/α,β-unsaturated/α-hetero) is 1. The number of amides is 1. The molecule has 0 fully saturated rings. The second kappa shape index (κ2) is 11.8. The number of benzene rings is 2. The number of ether oxygens (including phenoxy) is 1. The van der Waals surface area contributed by atoms with Crippen LogP contribution in [0.5, 0.6) is 5.75 Å². The summed E-state index contributed by atoms with van der Waals surface area (Å²) in [4.78, 5) is 26.4. The first-order chi connectivity index (χ1) is 15.7. The van der Waals surface area contributed by atoms with E-state index in [4.69, 9.17) is 4.74 Å². The molecular formula is C24H33N3O5S. The molecule has 0 aliphatic rings. The summed E-state index contributed by atoms with van der Waals surface area (Å²) < 4.78 is 32.9. The van der Waals surface area contributed by atoms with E-state index in [9.17, 15) is 18.0 Å². The van der Waals surface area contributed by atoms with E-state index in [0.717, 1.165) is 5.69 Å². The second-order valence-electron chi connectivity index (χ2n) is 7.36. The summed E-state index contributed by atoms with van der Waals surface area (Å²) in [6, 6.07) is 11.4. The van der Waals surface area contributed by atoms with E-state index in [2.05, 4.69) is 5.32 Å². The van der Waals surface area contributed by atoms with E-state index >= 15 is 0 Å². The van der Waals surface area contributed by atoms with Gasteiger partial charge >= 0.3 is 0 Å². The Bertz CT molecular complexity index is 1080. The van der Waals surface area contributed by atoms with Crippen LogP contribution in [0.2, 0.25) is 0 Å². The molecule has 1 amide bonds. The van der Waals surface area contributed by atoms with E-state index in [1.165, 1.54) is 17.3 Å². The van der Waals surface area contributed by atoms with Crippen LogP contribution in [0.25, 0.3) is 0 Å². The molecule has 0 aromatic heterocycles. The van der Waals surface area contributed by atoms with Crippen LogP contribution in [0.4, 0.5) is 11.4 Å². The predicted molar refractivity (Wildman–Crippen MR) is 131 cm³/mol. The molecular weight excluding hydrogens is 442 g/mol. The van der Waals surface area contributed by atoms with Crippen LogP contribution in [0.1, 0.15) is 45.0 Å². The average Bonchev–Trinajstić information content (AvgIpc) is 2.80. The lowest BCUT2D eigenvalue weighted by molar-refractivity contribution is -0.118. The lowest BCUT2D eigenvalue weighted by Crippen LogP contribution is -2.31. The van der Waals surface area contributed by atoms with E-state index in [1.807, 2.05) is 18.7 Å². The molecule has 0 spiro atoms. The quantitative estimate of drug-likeness (QED) is 0.469. The molecule has 1 N–H and O–H groups in total. The van der Waals surface area contributed by atoms with Crippen molar-refractivity contribution in [1.82, 2.24) is 4.31 Å². The van der Waals surface area contributed by atoms with Gasteiger partial charge in [-0.2, -0.15) is 4.31 Å². The highest BCUT2D eigenvalue weighted by molar-refractivity contribution is 7.89. The Labute approximate surface area is 196 Å². The number of anilines is 2. The van der Waals surface area contributed by atoms with Crippen molar-refractivity contribution in [2.45, 2.75) is 39.5 Å². The number of carbonyl (C=O) groups excluding carboxylic acids is 2. The molecule has 0 aliphatic carbocycles. The Morgan fingerprint density at radius 2 is 1.61 bits per heavy atom. The average molecular weight is 476 g/mol. The maximum atomic E-state index is 13.0. The largest absolute Gasteiger partial charge is 0.484 e. The molecule has 0 atom stereocenters. The van der Waals surface area contributed by atoms with Crippen LogP contribution >= 0.6 is 0 Å². The Morgan fingerprint density at radius 3 is 2.18 bits per heavy atom. The number of sulfonamides is 1. The van der Waals surface area contributed by atoms with Gasteiger partial charge in [0.2, 0.25) is 10.0 Å². The van der Waals surface area contributed by atoms with Gasteiger partial charge in [0.15, 0.2) is 12.4 Å². The Morgan fingerprint density at radius 1 is 0.939 bits per heavy atom. The van der Waals surface area contributed by atoms with Crippen LogP contribution in [-0.2, 0) is 14.8 Å². The van der Waals surface area contributed by atoms with Gasteiger partial charge in [0.05, 0.1) is 16.3 Å². The number of nitrogens with zero attached hydrogens (tertiary/aromatic N) is 2. The van der Waals surface area contributed by atoms with Gasteiger partial charge in [0, 0.05) is 31.7 Å². The van der Waals surface area contributed by atoms with Crippen LogP contribution < -0.4 is 15.0 Å². The predicted octanol–water partition coefficient (Wildman–Crippen LogP) is 3.78. The molecule has 2 aromatic carbocycles. The van der Waals surface area contributed by atoms with E-state index in [1.54, 1.807) is 50.2 Å². The number of hydrogen-bond acceptors (Lipinski definition) is 6. The van der Waals surface area contributed by atoms with Gasteiger partial charge in [-0.05, 0) is 51.1 Å². The lowest BCUT2D eigenvalue weighted by atomic mass is 10.1. The third-order valence-corrected chi connectivity index (χ3v) is 7.35. The molecule has 0 saturated carbocycles. The molecule has 0 heterocycles. The Balaban J connectivity index is 2.30. The Hall–Kier alpha value is -2.91. The molecule has 0 saturated heterocycles. The summed E-state index contributed by atoms with van der Waals surface area (Å²) in [5.74, 6) is -0.131. The van der Waals surface area contributed by atoms with Gasteiger partial charge in [0.1, 0.15) is 5.75 Å². The molecule has 33 heavy (non-hydrogen) atoms. The van der Waals surface area contributed by atoms with Crippen LogP contribution in [-0.4, -0.2) is 57.2 Å². The smallest absolute Gasteiger partial charge is 0.262 e. The molecule has 180 valence electrons. The highest BCUT2D eigenvalue weighted by Gasteiger charge is 2.24. The van der Waals surface area contributed by atoms with Gasteiger partial charge in [-0.1, -0.05) is 26.0 Å². The van der Waals surface area contributed by atoms with Crippen molar-refractivity contribution in [3.8, 4) is 5.75 Å². The minimum absolute atomic E-state index is 0.0972. The normalized spacial score (nSPS) is 11.3. The number of hydrogen-bond donors (Lipinski definition) is 1. The topological polar surface area (TPSA) is 96.0 Å². The van der Waals surface area contributed by atoms with E-state index < -0.39 is 15.9 Å². The zero-order valence-corrected chi connectivity index (χ0v) is 20.7. The molecule has 0 radical (unpaired) electrons. The summed E-state index contributed by atoms with van der Waals surface area (Å²) in [7, 11) is -3.68. The fourth-order valence-electron chi connectivity index (χ4n) is 3.47. The maximum Gasteiger partial charge on any atom is 0.262 e. The minimum Gasteiger partial charge on any atom is -0.484 e. The fraction of sp³-hybridized carbons (Fsp3) is 0.417. The van der Waals surface area contributed by atoms with Crippen molar-refractivity contribution in [3.63, 3.8) is 0 Å². The zero-order valence-electron chi connectivity index (χ0n) is 19.9. The molecule has 0 bridgehead atoms. The third-order valence-electron chi connectivity index (χ3n) is 5.30. The summed E-state index contributed by atoms with van der Waals surface area (Å²) in [6.45, 7) is 10.8. The SMILES string of the molecule is CCN(CC)c1ccc(S(=O)(=O)N(CC)CC)cc1NC(=O)COc1cccc(C(C)=O)c1. The first-order valence-electron chi connectivity index (χ1n) is 11.1. The lowest BCUT2D eigenvalue weighted by Gasteiger charge is -2.26. The molecule has 0 aliphatic heterocycles. The van der Waals surface area contributed by atoms with Crippen molar-refractivity contribution >= 4 is 33.1 Å². The van der Waals surface area contributed by atoms with E-state index in [-0.39, 0.29) is 17.3 Å². The molecule has 2 aromatic rings. The number of nitrogens with one attached hydrogen (secondary N) is 1. The monoisotopic (exact) mass is 475 g/mol. The van der Waals surface area contributed by atoms with Crippen LogP contribution in [0.15, 0.2) is 47.4 Å². The first-order valence-corrected chi connectivity index (χ1v) is 12.5. The van der Waals surface area contributed by atoms with Crippen molar-refractivity contribution in [2.75, 3.05) is 43.0 Å². The van der Waals surface area contributed by atoms with Gasteiger partial charge in [-0.15, -0.1) is 0 Å². The second-order valence-corrected chi connectivity index (χ2v) is 9.30. The summed E-state index contributed by atoms with van der Waals surface area (Å²) in [5, 5.41) is 2.80. The highest BCUT2D eigenvalue weighted by Crippen LogP contribution is 2.30. The summed E-state index contributed by atoms with van der Waals surface area (Å²) in [6.07, 6.45) is 0. The van der Waals surface area contributed by atoms with Crippen LogP contribution in [0, 0.1) is 0 Å². The Kier molecular flexibility index (Phi) is 9.43. The molecule has 2 rings (SSSR count). The van der Waals surface area contributed by atoms with Crippen molar-refractivity contribution in [1.29, 1.82) is 0 Å². The van der Waals surface area contributed by atoms with Gasteiger partial charge in [-0.3, -0.25) is 9.59 Å². The zero-order chi connectivity index (χ0) is 24.6. The van der Waals surface area contributed by atoms with Crippen LogP contribution in [0.3, 0.4) is 0 Å². The molecule has 0 unspecified atom stereocenters.